The predicted octanol–water partition coefficient (Wildman–Crippen LogP) is 4.36. The Morgan fingerprint density at radius 3 is 2.52 bits per heavy atom. The van der Waals surface area contributed by atoms with Crippen molar-refractivity contribution >= 4 is 60.5 Å². The van der Waals surface area contributed by atoms with Gasteiger partial charge in [-0.1, -0.05) is 12.1 Å². The van der Waals surface area contributed by atoms with Gasteiger partial charge in [0.1, 0.15) is 12.4 Å². The Morgan fingerprint density at radius 1 is 1.15 bits per heavy atom. The van der Waals surface area contributed by atoms with Crippen molar-refractivity contribution in [2.24, 2.45) is 0 Å². The van der Waals surface area contributed by atoms with Crippen molar-refractivity contribution in [3.63, 3.8) is 0 Å². The Morgan fingerprint density at radius 2 is 1.81 bits per heavy atom. The van der Waals surface area contributed by atoms with Crippen LogP contribution in [0.5, 0.6) is 0 Å². The highest BCUT2D eigenvalue weighted by atomic mass is 79.9. The van der Waals surface area contributed by atoms with Gasteiger partial charge in [0.15, 0.2) is 6.61 Å². The number of hydrogen-bond donors (Lipinski definition) is 1. The molecule has 3 rings (SSSR count). The lowest BCUT2D eigenvalue weighted by atomic mass is 10.2. The Labute approximate surface area is 173 Å². The number of para-hydroxylation sites is 2. The SMILES string of the molecule is Cc1cc(Br)c(NC(=O)COC(=O)Cn2c(C)nc3ccccc32)c(Br)c1. The molecule has 0 unspecified atom stereocenters. The molecule has 0 saturated heterocycles. The number of esters is 1. The van der Waals surface area contributed by atoms with E-state index < -0.39 is 11.9 Å². The van der Waals surface area contributed by atoms with Gasteiger partial charge in [-0.05, 0) is 75.5 Å². The van der Waals surface area contributed by atoms with Gasteiger partial charge in [0.25, 0.3) is 5.91 Å². The number of anilines is 1. The fourth-order valence-corrected chi connectivity index (χ4v) is 4.32. The third-order valence-electron chi connectivity index (χ3n) is 3.95. The quantitative estimate of drug-likeness (QED) is 0.535. The Bertz CT molecular complexity index is 1010. The average molecular weight is 495 g/mol. The predicted molar refractivity (Wildman–Crippen MR) is 111 cm³/mol. The van der Waals surface area contributed by atoms with Crippen molar-refractivity contribution in [3.05, 3.63) is 56.7 Å². The van der Waals surface area contributed by atoms with Gasteiger partial charge in [-0.3, -0.25) is 9.59 Å². The number of aromatic nitrogens is 2. The summed E-state index contributed by atoms with van der Waals surface area (Å²) in [5.41, 5.74) is 3.30. The lowest BCUT2D eigenvalue weighted by Crippen LogP contribution is -2.23. The van der Waals surface area contributed by atoms with Crippen molar-refractivity contribution in [1.82, 2.24) is 9.55 Å². The third kappa shape index (κ3) is 4.56. The van der Waals surface area contributed by atoms with Crippen LogP contribution in [-0.4, -0.2) is 28.0 Å². The number of hydrogen-bond acceptors (Lipinski definition) is 4. The van der Waals surface area contributed by atoms with Gasteiger partial charge in [-0.2, -0.15) is 0 Å². The number of nitrogens with one attached hydrogen (secondary N) is 1. The summed E-state index contributed by atoms with van der Waals surface area (Å²) in [6.07, 6.45) is 0. The van der Waals surface area contributed by atoms with Crippen LogP contribution in [0.2, 0.25) is 0 Å². The van der Waals surface area contributed by atoms with Gasteiger partial charge in [0, 0.05) is 8.95 Å². The molecule has 0 bridgehead atoms. The first kappa shape index (κ1) is 19.6. The topological polar surface area (TPSA) is 73.2 Å². The molecule has 1 aromatic heterocycles. The van der Waals surface area contributed by atoms with Crippen LogP contribution < -0.4 is 5.32 Å². The molecule has 0 atom stereocenters. The normalized spacial score (nSPS) is 10.8. The molecule has 0 aliphatic carbocycles. The number of fused-ring (bicyclic) bond motifs is 1. The molecule has 27 heavy (non-hydrogen) atoms. The van der Waals surface area contributed by atoms with Crippen LogP contribution in [0.3, 0.4) is 0 Å². The van der Waals surface area contributed by atoms with Gasteiger partial charge in [-0.15, -0.1) is 0 Å². The fraction of sp³-hybridized carbons (Fsp3) is 0.211. The molecule has 6 nitrogen and oxygen atoms in total. The summed E-state index contributed by atoms with van der Waals surface area (Å²) in [4.78, 5) is 28.7. The van der Waals surface area contributed by atoms with Crippen molar-refractivity contribution in [1.29, 1.82) is 0 Å². The zero-order valence-electron chi connectivity index (χ0n) is 14.8. The van der Waals surface area contributed by atoms with Crippen LogP contribution in [0.15, 0.2) is 45.3 Å². The molecule has 1 amide bonds. The summed E-state index contributed by atoms with van der Waals surface area (Å²) < 4.78 is 8.38. The maximum atomic E-state index is 12.2. The van der Waals surface area contributed by atoms with Crippen molar-refractivity contribution in [2.45, 2.75) is 20.4 Å². The number of ether oxygens (including phenoxy) is 1. The van der Waals surface area contributed by atoms with Gasteiger partial charge >= 0.3 is 5.97 Å². The maximum Gasteiger partial charge on any atom is 0.326 e. The largest absolute Gasteiger partial charge is 0.454 e. The molecule has 0 saturated carbocycles. The molecule has 0 spiro atoms. The third-order valence-corrected chi connectivity index (χ3v) is 5.20. The second kappa shape index (κ2) is 8.22. The molecule has 1 heterocycles. The van der Waals surface area contributed by atoms with E-state index >= 15 is 0 Å². The Hall–Kier alpha value is -2.19. The van der Waals surface area contributed by atoms with E-state index in [0.29, 0.717) is 11.5 Å². The summed E-state index contributed by atoms with van der Waals surface area (Å²) in [5.74, 6) is -0.204. The monoisotopic (exact) mass is 493 g/mol. The lowest BCUT2D eigenvalue weighted by Gasteiger charge is -2.11. The van der Waals surface area contributed by atoms with Crippen LogP contribution in [0.25, 0.3) is 11.0 Å². The fourth-order valence-electron chi connectivity index (χ4n) is 2.71. The molecule has 3 aromatic rings. The van der Waals surface area contributed by atoms with E-state index in [1.807, 2.05) is 50.2 Å². The van der Waals surface area contributed by atoms with Crippen LogP contribution in [0, 0.1) is 13.8 Å². The Kier molecular flexibility index (Phi) is 5.96. The number of carbonyl (C=O) groups is 2. The van der Waals surface area contributed by atoms with Gasteiger partial charge < -0.3 is 14.6 Å². The minimum Gasteiger partial charge on any atom is -0.454 e. The summed E-state index contributed by atoms with van der Waals surface area (Å²) >= 11 is 6.83. The number of benzene rings is 2. The highest BCUT2D eigenvalue weighted by Crippen LogP contribution is 2.32. The van der Waals surface area contributed by atoms with E-state index in [0.717, 1.165) is 25.5 Å². The molecule has 140 valence electrons. The van der Waals surface area contributed by atoms with Crippen LogP contribution in [0.4, 0.5) is 5.69 Å². The summed E-state index contributed by atoms with van der Waals surface area (Å²) in [7, 11) is 0. The van der Waals surface area contributed by atoms with Crippen LogP contribution in [0.1, 0.15) is 11.4 Å². The Balaban J connectivity index is 1.61. The van der Waals surface area contributed by atoms with Gasteiger partial charge in [0.05, 0.1) is 16.7 Å². The van der Waals surface area contributed by atoms with E-state index in [1.54, 1.807) is 4.57 Å². The number of amides is 1. The van der Waals surface area contributed by atoms with Crippen LogP contribution in [-0.2, 0) is 20.9 Å². The zero-order valence-corrected chi connectivity index (χ0v) is 17.9. The van der Waals surface area contributed by atoms with E-state index in [-0.39, 0.29) is 13.2 Å². The zero-order chi connectivity index (χ0) is 19.6. The van der Waals surface area contributed by atoms with E-state index in [2.05, 4.69) is 42.2 Å². The number of rotatable bonds is 5. The first-order valence-electron chi connectivity index (χ1n) is 8.18. The highest BCUT2D eigenvalue weighted by molar-refractivity contribution is 9.11. The molecule has 1 N–H and O–H groups in total. The molecule has 0 aliphatic heterocycles. The molecule has 8 heteroatoms. The lowest BCUT2D eigenvalue weighted by molar-refractivity contribution is -0.147. The van der Waals surface area contributed by atoms with Gasteiger partial charge in [-0.25, -0.2) is 4.98 Å². The molecular weight excluding hydrogens is 478 g/mol. The van der Waals surface area contributed by atoms with Gasteiger partial charge in [0.2, 0.25) is 0 Å². The van der Waals surface area contributed by atoms with Crippen LogP contribution >= 0.6 is 31.9 Å². The number of imidazole rings is 1. The second-order valence-electron chi connectivity index (χ2n) is 6.05. The molecular formula is C19H17Br2N3O3. The molecule has 0 aliphatic rings. The smallest absolute Gasteiger partial charge is 0.326 e. The average Bonchev–Trinajstić information content (AvgIpc) is 2.92. The maximum absolute atomic E-state index is 12.2. The number of halogens is 2. The first-order valence-corrected chi connectivity index (χ1v) is 9.76. The molecule has 0 fully saturated rings. The number of carbonyl (C=O) groups excluding carboxylic acids is 2. The van der Waals surface area contributed by atoms with Crippen molar-refractivity contribution in [2.75, 3.05) is 11.9 Å². The van der Waals surface area contributed by atoms with E-state index in [4.69, 9.17) is 4.74 Å². The summed E-state index contributed by atoms with van der Waals surface area (Å²) in [6, 6.07) is 11.3. The van der Waals surface area contributed by atoms with E-state index in [1.165, 1.54) is 0 Å². The summed E-state index contributed by atoms with van der Waals surface area (Å²) in [5, 5.41) is 2.73. The number of nitrogens with zero attached hydrogens (tertiary/aromatic N) is 2. The second-order valence-corrected chi connectivity index (χ2v) is 7.75. The van der Waals surface area contributed by atoms with Crippen molar-refractivity contribution in [3.8, 4) is 0 Å². The molecule has 0 radical (unpaired) electrons. The van der Waals surface area contributed by atoms with E-state index in [9.17, 15) is 9.59 Å². The number of aryl methyl sites for hydroxylation is 2. The minimum atomic E-state index is -0.501. The first-order chi connectivity index (χ1) is 12.8. The molecule has 2 aromatic carbocycles. The summed E-state index contributed by atoms with van der Waals surface area (Å²) in [6.45, 7) is 3.41. The minimum absolute atomic E-state index is 0.00243. The highest BCUT2D eigenvalue weighted by Gasteiger charge is 2.15. The van der Waals surface area contributed by atoms with Crippen molar-refractivity contribution < 1.29 is 14.3 Å². The standard InChI is InChI=1S/C19H17Br2N3O3/c1-11-7-13(20)19(14(21)8-11)23-17(25)10-27-18(26)9-24-12(2)22-15-5-3-4-6-16(15)24/h3-8H,9-10H2,1-2H3,(H,23,25).